The standard InChI is InChI=1S/C19H18N2O2S/c1-14(16-10-6-8-15-7-2-3-9-17(15)16)20-18(22)13-24-19-11-4-5-12-21(19)23/h2-12,14H,13H2,1H3,(H,20,22)/t14-/m0/s1. The number of fused-ring (bicyclic) bond motifs is 1. The highest BCUT2D eigenvalue weighted by Crippen LogP contribution is 2.24. The zero-order valence-electron chi connectivity index (χ0n) is 13.3. The van der Waals surface area contributed by atoms with Crippen LogP contribution in [-0.4, -0.2) is 11.7 Å². The van der Waals surface area contributed by atoms with Crippen molar-refractivity contribution in [3.05, 3.63) is 77.6 Å². The molecule has 0 radical (unpaired) electrons. The highest BCUT2D eigenvalue weighted by Gasteiger charge is 2.14. The summed E-state index contributed by atoms with van der Waals surface area (Å²) in [7, 11) is 0. The van der Waals surface area contributed by atoms with Gasteiger partial charge in [0.2, 0.25) is 5.91 Å². The SMILES string of the molecule is C[C@H](NC(=O)CSc1cccc[n+]1[O-])c1cccc2ccccc12. The molecule has 1 atom stereocenters. The minimum atomic E-state index is -0.0978. The molecule has 1 aromatic heterocycles. The summed E-state index contributed by atoms with van der Waals surface area (Å²) in [5.41, 5.74) is 1.09. The lowest BCUT2D eigenvalue weighted by Gasteiger charge is -2.16. The van der Waals surface area contributed by atoms with Crippen LogP contribution in [0.3, 0.4) is 0 Å². The van der Waals surface area contributed by atoms with Crippen LogP contribution < -0.4 is 10.0 Å². The maximum absolute atomic E-state index is 12.2. The molecule has 122 valence electrons. The van der Waals surface area contributed by atoms with Crippen LogP contribution >= 0.6 is 11.8 Å². The fourth-order valence-electron chi connectivity index (χ4n) is 2.65. The number of benzene rings is 2. The molecule has 2 aromatic carbocycles. The zero-order chi connectivity index (χ0) is 16.9. The van der Waals surface area contributed by atoms with Gasteiger partial charge in [-0.3, -0.25) is 4.79 Å². The van der Waals surface area contributed by atoms with Crippen LogP contribution in [0.2, 0.25) is 0 Å². The maximum Gasteiger partial charge on any atom is 0.251 e. The third-order valence-corrected chi connectivity index (χ3v) is 4.83. The normalized spacial score (nSPS) is 12.0. The molecule has 3 aromatic rings. The first kappa shape index (κ1) is 16.3. The lowest BCUT2D eigenvalue weighted by Crippen LogP contribution is -2.31. The second kappa shape index (κ2) is 7.36. The highest BCUT2D eigenvalue weighted by molar-refractivity contribution is 7.99. The van der Waals surface area contributed by atoms with E-state index in [1.165, 1.54) is 18.0 Å². The van der Waals surface area contributed by atoms with Gasteiger partial charge >= 0.3 is 0 Å². The average Bonchev–Trinajstić information content (AvgIpc) is 2.60. The first-order valence-corrected chi connectivity index (χ1v) is 8.72. The molecule has 0 unspecified atom stereocenters. The van der Waals surface area contributed by atoms with Crippen molar-refractivity contribution in [2.45, 2.75) is 18.0 Å². The number of aromatic nitrogens is 1. The lowest BCUT2D eigenvalue weighted by molar-refractivity contribution is -0.645. The molecular weight excluding hydrogens is 320 g/mol. The number of amides is 1. The van der Waals surface area contributed by atoms with Crippen LogP contribution in [0.25, 0.3) is 10.8 Å². The summed E-state index contributed by atoms with van der Waals surface area (Å²) >= 11 is 1.23. The lowest BCUT2D eigenvalue weighted by atomic mass is 10.00. The van der Waals surface area contributed by atoms with Crippen molar-refractivity contribution in [2.75, 3.05) is 5.75 Å². The second-order valence-electron chi connectivity index (χ2n) is 5.51. The van der Waals surface area contributed by atoms with E-state index in [0.717, 1.165) is 21.1 Å². The summed E-state index contributed by atoms with van der Waals surface area (Å²) in [6.07, 6.45) is 1.43. The number of nitrogens with zero attached hydrogens (tertiary/aromatic N) is 1. The molecule has 24 heavy (non-hydrogen) atoms. The Hall–Kier alpha value is -2.53. The summed E-state index contributed by atoms with van der Waals surface area (Å²) in [5.74, 6) is 0.116. The van der Waals surface area contributed by atoms with Crippen LogP contribution in [-0.2, 0) is 4.79 Å². The maximum atomic E-state index is 12.2. The monoisotopic (exact) mass is 338 g/mol. The molecule has 0 fully saturated rings. The van der Waals surface area contributed by atoms with E-state index in [-0.39, 0.29) is 17.7 Å². The van der Waals surface area contributed by atoms with Gasteiger partial charge in [-0.2, -0.15) is 4.73 Å². The van der Waals surface area contributed by atoms with Gasteiger partial charge in [0.1, 0.15) is 0 Å². The third kappa shape index (κ3) is 3.68. The smallest absolute Gasteiger partial charge is 0.251 e. The van der Waals surface area contributed by atoms with Gasteiger partial charge in [-0.15, -0.1) is 0 Å². The van der Waals surface area contributed by atoms with Gasteiger partial charge in [-0.05, 0) is 41.1 Å². The number of thioether (sulfide) groups is 1. The Bertz CT molecular complexity index is 861. The van der Waals surface area contributed by atoms with Crippen molar-refractivity contribution in [1.82, 2.24) is 5.32 Å². The number of pyridine rings is 1. The van der Waals surface area contributed by atoms with Gasteiger partial charge in [0, 0.05) is 12.1 Å². The molecule has 4 nitrogen and oxygen atoms in total. The first-order valence-electron chi connectivity index (χ1n) is 7.73. The summed E-state index contributed by atoms with van der Waals surface area (Å²) in [5, 5.41) is 17.4. The zero-order valence-corrected chi connectivity index (χ0v) is 14.1. The molecule has 3 rings (SSSR count). The van der Waals surface area contributed by atoms with E-state index in [9.17, 15) is 10.0 Å². The van der Waals surface area contributed by atoms with Crippen molar-refractivity contribution in [1.29, 1.82) is 0 Å². The first-order chi connectivity index (χ1) is 11.6. The summed E-state index contributed by atoms with van der Waals surface area (Å²) in [4.78, 5) is 12.2. The molecule has 0 aliphatic rings. The van der Waals surface area contributed by atoms with Crippen LogP contribution in [0.1, 0.15) is 18.5 Å². The molecule has 1 amide bonds. The molecule has 0 spiro atoms. The van der Waals surface area contributed by atoms with Crippen molar-refractivity contribution in [3.63, 3.8) is 0 Å². The number of rotatable bonds is 5. The highest BCUT2D eigenvalue weighted by atomic mass is 32.2. The Morgan fingerprint density at radius 2 is 1.88 bits per heavy atom. The topological polar surface area (TPSA) is 56.0 Å². The largest absolute Gasteiger partial charge is 0.618 e. The molecule has 0 bridgehead atoms. The molecular formula is C19H18N2O2S. The molecule has 0 saturated carbocycles. The van der Waals surface area contributed by atoms with Crippen LogP contribution in [0.5, 0.6) is 0 Å². The molecule has 0 aliphatic heterocycles. The Labute approximate surface area is 145 Å². The molecule has 0 aliphatic carbocycles. The van der Waals surface area contributed by atoms with Crippen molar-refractivity contribution in [3.8, 4) is 0 Å². The number of hydrogen-bond donors (Lipinski definition) is 1. The van der Waals surface area contributed by atoms with Gasteiger partial charge in [-0.1, -0.05) is 42.5 Å². The minimum absolute atomic E-state index is 0.0933. The van der Waals surface area contributed by atoms with Crippen molar-refractivity contribution < 1.29 is 9.52 Å². The quantitative estimate of drug-likeness (QED) is 0.440. The van der Waals surface area contributed by atoms with E-state index in [4.69, 9.17) is 0 Å². The van der Waals surface area contributed by atoms with E-state index >= 15 is 0 Å². The molecule has 1 N–H and O–H groups in total. The van der Waals surface area contributed by atoms with E-state index in [1.807, 2.05) is 31.2 Å². The van der Waals surface area contributed by atoms with Gasteiger partial charge in [0.05, 0.1) is 11.8 Å². The van der Waals surface area contributed by atoms with E-state index < -0.39 is 0 Å². The summed E-state index contributed by atoms with van der Waals surface area (Å²) < 4.78 is 0.770. The predicted molar refractivity (Wildman–Crippen MR) is 96.6 cm³/mol. The fraction of sp³-hybridized carbons (Fsp3) is 0.158. The fourth-order valence-corrected chi connectivity index (χ4v) is 3.38. The molecule has 1 heterocycles. The summed E-state index contributed by atoms with van der Waals surface area (Å²) in [6, 6.07) is 19.3. The van der Waals surface area contributed by atoms with Gasteiger partial charge < -0.3 is 10.5 Å². The summed E-state index contributed by atoms with van der Waals surface area (Å²) in [6.45, 7) is 1.97. The van der Waals surface area contributed by atoms with E-state index in [0.29, 0.717) is 5.03 Å². The van der Waals surface area contributed by atoms with Crippen LogP contribution in [0, 0.1) is 5.21 Å². The van der Waals surface area contributed by atoms with Crippen molar-refractivity contribution >= 4 is 28.4 Å². The van der Waals surface area contributed by atoms with Crippen molar-refractivity contribution in [2.24, 2.45) is 0 Å². The van der Waals surface area contributed by atoms with E-state index in [1.54, 1.807) is 18.2 Å². The molecule has 0 saturated heterocycles. The van der Waals surface area contributed by atoms with Crippen LogP contribution in [0.15, 0.2) is 71.9 Å². The predicted octanol–water partition coefficient (Wildman–Crippen LogP) is 3.44. The molecule has 5 heteroatoms. The van der Waals surface area contributed by atoms with Gasteiger partial charge in [0.25, 0.3) is 5.03 Å². The van der Waals surface area contributed by atoms with Crippen LogP contribution in [0.4, 0.5) is 0 Å². The number of nitrogens with one attached hydrogen (secondary N) is 1. The van der Waals surface area contributed by atoms with Gasteiger partial charge in [0.15, 0.2) is 6.20 Å². The third-order valence-electron chi connectivity index (χ3n) is 3.81. The Balaban J connectivity index is 1.67. The average molecular weight is 338 g/mol. The Kier molecular flexibility index (Phi) is 5.01. The Morgan fingerprint density at radius 3 is 2.71 bits per heavy atom. The number of hydrogen-bond acceptors (Lipinski definition) is 3. The Morgan fingerprint density at radius 1 is 1.12 bits per heavy atom. The van der Waals surface area contributed by atoms with E-state index in [2.05, 4.69) is 23.5 Å². The number of carbonyl (C=O) groups is 1. The second-order valence-corrected chi connectivity index (χ2v) is 6.51. The minimum Gasteiger partial charge on any atom is -0.618 e. The number of carbonyl (C=O) groups excluding carboxylic acids is 1. The van der Waals surface area contributed by atoms with Gasteiger partial charge in [-0.25, -0.2) is 0 Å².